The molecule has 0 aromatic heterocycles. The third kappa shape index (κ3) is 3.48. The molecule has 0 radical (unpaired) electrons. The first-order chi connectivity index (χ1) is 7.71. The molecule has 0 aliphatic rings. The lowest BCUT2D eigenvalue weighted by atomic mass is 9.97. The molecule has 17 heavy (non-hydrogen) atoms. The van der Waals surface area contributed by atoms with Gasteiger partial charge in [0.15, 0.2) is 0 Å². The van der Waals surface area contributed by atoms with Gasteiger partial charge in [0, 0.05) is 5.56 Å². The van der Waals surface area contributed by atoms with Crippen molar-refractivity contribution in [2.75, 3.05) is 0 Å². The molecule has 0 saturated carbocycles. The van der Waals surface area contributed by atoms with Crippen LogP contribution in [0, 0.1) is 5.41 Å². The lowest BCUT2D eigenvalue weighted by Gasteiger charge is -2.19. The molecule has 1 N–H and O–H groups in total. The number of aromatic hydroxyl groups is 1. The lowest BCUT2D eigenvalue weighted by molar-refractivity contribution is -0.143. The molecule has 0 aliphatic heterocycles. The highest BCUT2D eigenvalue weighted by molar-refractivity contribution is 5.78. The molecule has 0 bridgehead atoms. The van der Waals surface area contributed by atoms with Gasteiger partial charge in [-0.2, -0.15) is 0 Å². The summed E-state index contributed by atoms with van der Waals surface area (Å²) in [5.41, 5.74) is 0.300. The second-order valence-electron chi connectivity index (χ2n) is 5.52. The quantitative estimate of drug-likeness (QED) is 0.631. The minimum atomic E-state index is -0.536. The summed E-state index contributed by atoms with van der Waals surface area (Å²) < 4.78 is 5.38. The van der Waals surface area contributed by atoms with Crippen molar-refractivity contribution in [3.8, 4) is 11.5 Å². The summed E-state index contributed by atoms with van der Waals surface area (Å²) in [4.78, 5) is 11.8. The first-order valence-electron chi connectivity index (χ1n) is 5.77. The van der Waals surface area contributed by atoms with E-state index in [1.165, 1.54) is 6.07 Å². The maximum atomic E-state index is 11.8. The second-order valence-corrected chi connectivity index (χ2v) is 5.52. The van der Waals surface area contributed by atoms with Crippen molar-refractivity contribution in [2.24, 2.45) is 5.41 Å². The van der Waals surface area contributed by atoms with E-state index in [0.717, 1.165) is 5.56 Å². The summed E-state index contributed by atoms with van der Waals surface area (Å²) in [7, 11) is 0. The number of esters is 1. The predicted octanol–water partition coefficient (Wildman–Crippen LogP) is 3.47. The number of carbonyl (C=O) groups excluding carboxylic acids is 1. The molecule has 0 spiro atoms. The van der Waals surface area contributed by atoms with E-state index in [9.17, 15) is 9.90 Å². The maximum absolute atomic E-state index is 11.8. The fourth-order valence-corrected chi connectivity index (χ4v) is 1.33. The lowest BCUT2D eigenvalue weighted by Crippen LogP contribution is -2.26. The highest BCUT2D eigenvalue weighted by Gasteiger charge is 2.25. The molecule has 0 heterocycles. The first-order valence-corrected chi connectivity index (χ1v) is 5.77. The van der Waals surface area contributed by atoms with Crippen molar-refractivity contribution >= 4 is 5.97 Å². The Morgan fingerprint density at radius 3 is 2.35 bits per heavy atom. The fourth-order valence-electron chi connectivity index (χ4n) is 1.33. The summed E-state index contributed by atoms with van der Waals surface area (Å²) in [5.74, 6) is 0.622. The van der Waals surface area contributed by atoms with Crippen molar-refractivity contribution in [3.05, 3.63) is 23.8 Å². The Bertz CT molecular complexity index is 414. The van der Waals surface area contributed by atoms with E-state index in [2.05, 4.69) is 0 Å². The van der Waals surface area contributed by atoms with Crippen LogP contribution in [0.1, 0.15) is 46.1 Å². The Morgan fingerprint density at radius 2 is 1.88 bits per heavy atom. The van der Waals surface area contributed by atoms with Crippen molar-refractivity contribution < 1.29 is 14.6 Å². The van der Waals surface area contributed by atoms with E-state index < -0.39 is 5.41 Å². The Morgan fingerprint density at radius 1 is 1.29 bits per heavy atom. The molecule has 0 aliphatic carbocycles. The summed E-state index contributed by atoms with van der Waals surface area (Å²) in [6.45, 7) is 9.41. The Kier molecular flexibility index (Phi) is 3.81. The van der Waals surface area contributed by atoms with Gasteiger partial charge in [-0.1, -0.05) is 13.8 Å². The van der Waals surface area contributed by atoms with E-state index in [-0.39, 0.29) is 17.6 Å². The van der Waals surface area contributed by atoms with Gasteiger partial charge >= 0.3 is 5.97 Å². The number of hydrogen-bond acceptors (Lipinski definition) is 3. The van der Waals surface area contributed by atoms with Gasteiger partial charge in [0.1, 0.15) is 11.5 Å². The van der Waals surface area contributed by atoms with Gasteiger partial charge in [-0.05, 0) is 44.9 Å². The number of rotatable bonds is 2. The molecule has 1 rings (SSSR count). The summed E-state index contributed by atoms with van der Waals surface area (Å²) in [6, 6.07) is 4.79. The zero-order valence-corrected chi connectivity index (χ0v) is 11.1. The van der Waals surface area contributed by atoms with Crippen molar-refractivity contribution in [2.45, 2.75) is 40.5 Å². The van der Waals surface area contributed by atoms with Gasteiger partial charge in [0.2, 0.25) is 0 Å². The SMILES string of the molecule is CC(C)c1cc(O)ccc1OC(=O)C(C)(C)C. The standard InChI is InChI=1S/C14H20O3/c1-9(2)11-8-10(15)6-7-12(11)17-13(16)14(3,4)5/h6-9,15H,1-5H3. The third-order valence-corrected chi connectivity index (χ3v) is 2.43. The molecule has 0 amide bonds. The van der Waals surface area contributed by atoms with Crippen LogP contribution in [0.25, 0.3) is 0 Å². The van der Waals surface area contributed by atoms with Crippen molar-refractivity contribution in [1.82, 2.24) is 0 Å². The highest BCUT2D eigenvalue weighted by Crippen LogP contribution is 2.31. The third-order valence-electron chi connectivity index (χ3n) is 2.43. The predicted molar refractivity (Wildman–Crippen MR) is 67.3 cm³/mol. The van der Waals surface area contributed by atoms with Gasteiger partial charge in [-0.3, -0.25) is 4.79 Å². The van der Waals surface area contributed by atoms with Gasteiger partial charge < -0.3 is 9.84 Å². The van der Waals surface area contributed by atoms with Gasteiger partial charge in [0.05, 0.1) is 5.41 Å². The molecular formula is C14H20O3. The van der Waals surface area contributed by atoms with Crippen LogP contribution in [-0.2, 0) is 4.79 Å². The van der Waals surface area contributed by atoms with Crippen LogP contribution >= 0.6 is 0 Å². The number of phenols is 1. The molecule has 1 aromatic carbocycles. The molecule has 3 nitrogen and oxygen atoms in total. The zero-order valence-electron chi connectivity index (χ0n) is 11.1. The molecule has 94 valence electrons. The first kappa shape index (κ1) is 13.6. The minimum Gasteiger partial charge on any atom is -0.508 e. The number of benzene rings is 1. The Hall–Kier alpha value is -1.51. The van der Waals surface area contributed by atoms with E-state index in [1.54, 1.807) is 12.1 Å². The van der Waals surface area contributed by atoms with Gasteiger partial charge in [-0.15, -0.1) is 0 Å². The van der Waals surface area contributed by atoms with Crippen molar-refractivity contribution in [3.63, 3.8) is 0 Å². The van der Waals surface area contributed by atoms with Crippen LogP contribution in [0.5, 0.6) is 11.5 Å². The number of ether oxygens (including phenoxy) is 1. The minimum absolute atomic E-state index is 0.184. The van der Waals surface area contributed by atoms with Crippen LogP contribution in [0.15, 0.2) is 18.2 Å². The Balaban J connectivity index is 3.03. The Labute approximate surface area is 102 Å². The smallest absolute Gasteiger partial charge is 0.316 e. The molecule has 0 saturated heterocycles. The number of phenolic OH excluding ortho intramolecular Hbond substituents is 1. The average Bonchev–Trinajstić information content (AvgIpc) is 2.18. The van der Waals surface area contributed by atoms with Gasteiger partial charge in [-0.25, -0.2) is 0 Å². The van der Waals surface area contributed by atoms with Crippen LogP contribution < -0.4 is 4.74 Å². The second kappa shape index (κ2) is 4.78. The molecular weight excluding hydrogens is 216 g/mol. The summed E-state index contributed by atoms with van der Waals surface area (Å²) in [5, 5.41) is 9.44. The van der Waals surface area contributed by atoms with Gasteiger partial charge in [0.25, 0.3) is 0 Å². The topological polar surface area (TPSA) is 46.5 Å². The van der Waals surface area contributed by atoms with E-state index in [1.807, 2.05) is 34.6 Å². The fraction of sp³-hybridized carbons (Fsp3) is 0.500. The van der Waals surface area contributed by atoms with E-state index in [0.29, 0.717) is 5.75 Å². The van der Waals surface area contributed by atoms with E-state index >= 15 is 0 Å². The molecule has 1 aromatic rings. The highest BCUT2D eigenvalue weighted by atomic mass is 16.5. The normalized spacial score (nSPS) is 11.6. The molecule has 3 heteroatoms. The van der Waals surface area contributed by atoms with Crippen LogP contribution in [-0.4, -0.2) is 11.1 Å². The van der Waals surface area contributed by atoms with Crippen LogP contribution in [0.2, 0.25) is 0 Å². The van der Waals surface area contributed by atoms with E-state index in [4.69, 9.17) is 4.74 Å². The molecule has 0 unspecified atom stereocenters. The summed E-state index contributed by atoms with van der Waals surface area (Å²) in [6.07, 6.45) is 0. The number of hydrogen-bond donors (Lipinski definition) is 1. The molecule has 0 fully saturated rings. The zero-order chi connectivity index (χ0) is 13.2. The average molecular weight is 236 g/mol. The largest absolute Gasteiger partial charge is 0.508 e. The van der Waals surface area contributed by atoms with Crippen LogP contribution in [0.3, 0.4) is 0 Å². The molecule has 0 atom stereocenters. The van der Waals surface area contributed by atoms with Crippen molar-refractivity contribution in [1.29, 1.82) is 0 Å². The number of carbonyl (C=O) groups is 1. The summed E-state index contributed by atoms with van der Waals surface area (Å²) >= 11 is 0. The maximum Gasteiger partial charge on any atom is 0.316 e. The van der Waals surface area contributed by atoms with Crippen LogP contribution in [0.4, 0.5) is 0 Å². The monoisotopic (exact) mass is 236 g/mol.